The molecule has 3 N–H and O–H groups in total. The number of aromatic nitrogens is 1. The van der Waals surface area contributed by atoms with Gasteiger partial charge in [0.15, 0.2) is 0 Å². The van der Waals surface area contributed by atoms with Crippen LogP contribution in [0.4, 0.5) is 5.69 Å². The third-order valence-corrected chi connectivity index (χ3v) is 3.44. The second-order valence-corrected chi connectivity index (χ2v) is 4.88. The topological polar surface area (TPSA) is 69.3 Å². The molecule has 1 unspecified atom stereocenters. The van der Waals surface area contributed by atoms with Gasteiger partial charge in [-0.05, 0) is 26.0 Å². The summed E-state index contributed by atoms with van der Waals surface area (Å²) in [6, 6.07) is 9.18. The van der Waals surface area contributed by atoms with Gasteiger partial charge in [-0.25, -0.2) is 0 Å². The third-order valence-electron chi connectivity index (χ3n) is 3.44. The van der Waals surface area contributed by atoms with Crippen LogP contribution in [0.25, 0.3) is 0 Å². The summed E-state index contributed by atoms with van der Waals surface area (Å²) in [7, 11) is 1.62. The van der Waals surface area contributed by atoms with Gasteiger partial charge < -0.3 is 20.4 Å². The van der Waals surface area contributed by atoms with E-state index in [0.29, 0.717) is 17.9 Å². The van der Waals surface area contributed by atoms with Crippen LogP contribution >= 0.6 is 0 Å². The van der Waals surface area contributed by atoms with Crippen LogP contribution in [0.15, 0.2) is 36.5 Å². The molecule has 0 fully saturated rings. The van der Waals surface area contributed by atoms with Crippen molar-refractivity contribution < 1.29 is 9.53 Å². The van der Waals surface area contributed by atoms with Crippen LogP contribution in [0.1, 0.15) is 35.9 Å². The lowest BCUT2D eigenvalue weighted by molar-refractivity contribution is 0.0930. The van der Waals surface area contributed by atoms with Gasteiger partial charge in [0.05, 0.1) is 18.8 Å². The molecule has 1 aromatic carbocycles. The summed E-state index contributed by atoms with van der Waals surface area (Å²) in [5.74, 6) is 0.614. The Balaban J connectivity index is 2.19. The maximum absolute atomic E-state index is 12.4. The van der Waals surface area contributed by atoms with Crippen molar-refractivity contribution in [3.8, 4) is 5.75 Å². The molecule has 0 aliphatic rings. The number of benzene rings is 1. The fourth-order valence-electron chi connectivity index (χ4n) is 2.36. The number of methoxy groups -OCH3 is 1. The van der Waals surface area contributed by atoms with Gasteiger partial charge in [0.2, 0.25) is 0 Å². The summed E-state index contributed by atoms with van der Waals surface area (Å²) in [4.78, 5) is 12.4. The number of rotatable bonds is 5. The van der Waals surface area contributed by atoms with Crippen molar-refractivity contribution >= 4 is 11.6 Å². The molecule has 1 aromatic heterocycles. The van der Waals surface area contributed by atoms with E-state index in [9.17, 15) is 4.79 Å². The molecule has 0 saturated carbocycles. The summed E-state index contributed by atoms with van der Waals surface area (Å²) < 4.78 is 7.16. The zero-order valence-electron chi connectivity index (χ0n) is 12.6. The number of carbonyl (C=O) groups excluding carboxylic acids is 1. The van der Waals surface area contributed by atoms with Gasteiger partial charge in [-0.3, -0.25) is 4.79 Å². The third kappa shape index (κ3) is 3.18. The van der Waals surface area contributed by atoms with Crippen molar-refractivity contribution in [2.45, 2.75) is 26.4 Å². The Morgan fingerprint density at radius 3 is 2.81 bits per heavy atom. The Morgan fingerprint density at radius 1 is 1.43 bits per heavy atom. The van der Waals surface area contributed by atoms with E-state index in [1.165, 1.54) is 0 Å². The Morgan fingerprint density at radius 2 is 2.14 bits per heavy atom. The first-order chi connectivity index (χ1) is 10.1. The number of carbonyl (C=O) groups is 1. The minimum absolute atomic E-state index is 0.146. The van der Waals surface area contributed by atoms with Crippen molar-refractivity contribution in [1.82, 2.24) is 9.88 Å². The molecule has 1 heterocycles. The zero-order valence-corrected chi connectivity index (χ0v) is 12.6. The van der Waals surface area contributed by atoms with Crippen molar-refractivity contribution in [3.05, 3.63) is 47.8 Å². The van der Waals surface area contributed by atoms with Gasteiger partial charge in [0, 0.05) is 18.3 Å². The average Bonchev–Trinajstić information content (AvgIpc) is 2.88. The van der Waals surface area contributed by atoms with Crippen LogP contribution in [-0.4, -0.2) is 17.6 Å². The van der Waals surface area contributed by atoms with E-state index in [-0.39, 0.29) is 11.9 Å². The van der Waals surface area contributed by atoms with Crippen molar-refractivity contribution in [2.75, 3.05) is 12.8 Å². The van der Waals surface area contributed by atoms with E-state index in [1.807, 2.05) is 42.7 Å². The van der Waals surface area contributed by atoms with Gasteiger partial charge >= 0.3 is 0 Å². The zero-order chi connectivity index (χ0) is 15.4. The van der Waals surface area contributed by atoms with E-state index < -0.39 is 0 Å². The SMILES string of the molecule is CCn1cc(N)cc1C(=O)NC(C)c1ccccc1OC. The molecule has 0 aliphatic carbocycles. The second-order valence-electron chi connectivity index (χ2n) is 4.88. The number of ether oxygens (including phenoxy) is 1. The first kappa shape index (κ1) is 15.0. The minimum Gasteiger partial charge on any atom is -0.496 e. The van der Waals surface area contributed by atoms with Gasteiger partial charge in [-0.15, -0.1) is 0 Å². The Hall–Kier alpha value is -2.43. The predicted octanol–water partition coefficient (Wildman–Crippen LogP) is 2.59. The van der Waals surface area contributed by atoms with Gasteiger partial charge in [-0.1, -0.05) is 18.2 Å². The summed E-state index contributed by atoms with van der Waals surface area (Å²) in [6.07, 6.45) is 1.77. The quantitative estimate of drug-likeness (QED) is 0.888. The van der Waals surface area contributed by atoms with Crippen molar-refractivity contribution in [2.24, 2.45) is 0 Å². The lowest BCUT2D eigenvalue weighted by Crippen LogP contribution is -2.28. The summed E-state index contributed by atoms with van der Waals surface area (Å²) in [5.41, 5.74) is 7.86. The second kappa shape index (κ2) is 6.35. The number of nitrogens with one attached hydrogen (secondary N) is 1. The molecule has 21 heavy (non-hydrogen) atoms. The Kier molecular flexibility index (Phi) is 4.52. The molecule has 2 aromatic rings. The number of amides is 1. The maximum atomic E-state index is 12.4. The molecule has 0 spiro atoms. The molecule has 5 heteroatoms. The molecule has 1 atom stereocenters. The smallest absolute Gasteiger partial charge is 0.268 e. The summed E-state index contributed by atoms with van der Waals surface area (Å²) in [6.45, 7) is 4.60. The standard InChI is InChI=1S/C16H21N3O2/c1-4-19-10-12(17)9-14(19)16(20)18-11(2)13-7-5-6-8-15(13)21-3/h5-11H,4,17H2,1-3H3,(H,18,20). The molecule has 2 rings (SSSR count). The molecule has 1 amide bonds. The number of anilines is 1. The van der Waals surface area contributed by atoms with Crippen LogP contribution in [0.3, 0.4) is 0 Å². The molecule has 5 nitrogen and oxygen atoms in total. The van der Waals surface area contributed by atoms with E-state index in [1.54, 1.807) is 19.4 Å². The number of nitrogens with two attached hydrogens (primary N) is 1. The fraction of sp³-hybridized carbons (Fsp3) is 0.312. The molecule has 0 saturated heterocycles. The normalized spacial score (nSPS) is 12.0. The molecule has 0 aliphatic heterocycles. The molecule has 0 bridgehead atoms. The monoisotopic (exact) mass is 287 g/mol. The van der Waals surface area contributed by atoms with Gasteiger partial charge in [0.25, 0.3) is 5.91 Å². The lowest BCUT2D eigenvalue weighted by Gasteiger charge is -2.17. The number of hydrogen-bond donors (Lipinski definition) is 2. The first-order valence-electron chi connectivity index (χ1n) is 6.96. The highest BCUT2D eigenvalue weighted by Crippen LogP contribution is 2.24. The molecule has 112 valence electrons. The van der Waals surface area contributed by atoms with Gasteiger partial charge in [-0.2, -0.15) is 0 Å². The van der Waals surface area contributed by atoms with E-state index in [2.05, 4.69) is 5.32 Å². The van der Waals surface area contributed by atoms with Crippen LogP contribution in [0, 0.1) is 0 Å². The van der Waals surface area contributed by atoms with Crippen molar-refractivity contribution in [3.63, 3.8) is 0 Å². The molecule has 0 radical (unpaired) electrons. The van der Waals surface area contributed by atoms with E-state index in [0.717, 1.165) is 11.3 Å². The number of hydrogen-bond acceptors (Lipinski definition) is 3. The van der Waals surface area contributed by atoms with Crippen LogP contribution < -0.4 is 15.8 Å². The molecular weight excluding hydrogens is 266 g/mol. The number of aryl methyl sites for hydroxylation is 1. The molecular formula is C16H21N3O2. The highest BCUT2D eigenvalue weighted by molar-refractivity contribution is 5.94. The largest absolute Gasteiger partial charge is 0.496 e. The van der Waals surface area contributed by atoms with Crippen molar-refractivity contribution in [1.29, 1.82) is 0 Å². The summed E-state index contributed by atoms with van der Waals surface area (Å²) in [5, 5.41) is 2.98. The first-order valence-corrected chi connectivity index (χ1v) is 6.96. The number of nitrogens with zero attached hydrogens (tertiary/aromatic N) is 1. The summed E-state index contributed by atoms with van der Waals surface area (Å²) >= 11 is 0. The Labute approximate surface area is 124 Å². The predicted molar refractivity (Wildman–Crippen MR) is 83.4 cm³/mol. The van der Waals surface area contributed by atoms with Crippen LogP contribution in [0.5, 0.6) is 5.75 Å². The average molecular weight is 287 g/mol. The van der Waals surface area contributed by atoms with Gasteiger partial charge in [0.1, 0.15) is 11.4 Å². The van der Waals surface area contributed by atoms with E-state index >= 15 is 0 Å². The fourth-order valence-corrected chi connectivity index (χ4v) is 2.36. The number of para-hydroxylation sites is 1. The Bertz CT molecular complexity index is 634. The minimum atomic E-state index is -0.157. The van der Waals surface area contributed by atoms with Crippen LogP contribution in [-0.2, 0) is 6.54 Å². The number of nitrogen functional groups attached to an aromatic ring is 1. The highest BCUT2D eigenvalue weighted by atomic mass is 16.5. The maximum Gasteiger partial charge on any atom is 0.268 e. The highest BCUT2D eigenvalue weighted by Gasteiger charge is 2.17. The lowest BCUT2D eigenvalue weighted by atomic mass is 10.1. The van der Waals surface area contributed by atoms with E-state index in [4.69, 9.17) is 10.5 Å². The van der Waals surface area contributed by atoms with Crippen LogP contribution in [0.2, 0.25) is 0 Å².